The predicted molar refractivity (Wildman–Crippen MR) is 129 cm³/mol. The molecule has 0 aliphatic rings. The molecule has 0 bridgehead atoms. The maximum atomic E-state index is 5.76. The molecule has 0 amide bonds. The molecule has 166 valence electrons. The average molecular weight is 401 g/mol. The third-order valence-electron chi connectivity index (χ3n) is 5.73. The Morgan fingerprint density at radius 1 is 0.724 bits per heavy atom. The van der Waals surface area contributed by atoms with Crippen LogP contribution >= 0.6 is 0 Å². The molecule has 29 heavy (non-hydrogen) atoms. The Kier molecular flexibility index (Phi) is 16.9. The smallest absolute Gasteiger partial charge is 0.0721 e. The largest absolute Gasteiger partial charge is 0.372 e. The number of ether oxygens (including phenoxy) is 1. The zero-order chi connectivity index (χ0) is 21.0. The molecule has 1 aromatic rings. The van der Waals surface area contributed by atoms with Crippen molar-refractivity contribution in [3.05, 3.63) is 48.0 Å². The van der Waals surface area contributed by atoms with Crippen molar-refractivity contribution in [3.8, 4) is 0 Å². The van der Waals surface area contributed by atoms with Gasteiger partial charge < -0.3 is 4.74 Å². The molecular formula is C28H48O. The highest BCUT2D eigenvalue weighted by molar-refractivity contribution is 5.13. The first-order chi connectivity index (χ1) is 14.2. The molecule has 0 spiro atoms. The quantitative estimate of drug-likeness (QED) is 0.156. The summed E-state index contributed by atoms with van der Waals surface area (Å²) in [4.78, 5) is 0. The van der Waals surface area contributed by atoms with Gasteiger partial charge in [0.25, 0.3) is 0 Å². The summed E-state index contributed by atoms with van der Waals surface area (Å²) in [6.07, 6.45) is 20.9. The van der Waals surface area contributed by atoms with E-state index >= 15 is 0 Å². The van der Waals surface area contributed by atoms with E-state index in [2.05, 4.69) is 44.7 Å². The Hall–Kier alpha value is -1.08. The molecule has 0 aromatic heterocycles. The third-order valence-corrected chi connectivity index (χ3v) is 5.73. The number of benzene rings is 1. The molecule has 0 aliphatic carbocycles. The van der Waals surface area contributed by atoms with Gasteiger partial charge in [-0.15, -0.1) is 0 Å². The molecule has 1 heteroatoms. The van der Waals surface area contributed by atoms with Crippen LogP contribution < -0.4 is 0 Å². The molecule has 0 unspecified atom stereocenters. The van der Waals surface area contributed by atoms with Crippen molar-refractivity contribution < 1.29 is 4.74 Å². The van der Waals surface area contributed by atoms with E-state index in [0.717, 1.165) is 12.3 Å². The van der Waals surface area contributed by atoms with Gasteiger partial charge in [0.15, 0.2) is 0 Å². The number of unbranched alkanes of at least 4 members (excludes halogenated alkanes) is 12. The molecule has 0 N–H and O–H groups in total. The monoisotopic (exact) mass is 400 g/mol. The molecule has 0 atom stereocenters. The maximum absolute atomic E-state index is 5.76. The summed E-state index contributed by atoms with van der Waals surface area (Å²) in [5.41, 5.74) is 2.48. The van der Waals surface area contributed by atoms with Gasteiger partial charge in [-0.05, 0) is 24.3 Å². The van der Waals surface area contributed by atoms with Crippen LogP contribution in [0.2, 0.25) is 0 Å². The second-order valence-electron chi connectivity index (χ2n) is 9.26. The van der Waals surface area contributed by atoms with Gasteiger partial charge >= 0.3 is 0 Å². The SMILES string of the molecule is C=C(CCCCCCCCCCCCCCCC(C)C)COCc1ccccc1. The standard InChI is InChI=1S/C28H48O/c1-26(2)20-16-13-11-9-7-5-4-6-8-10-12-14-17-21-27(3)24-29-25-28-22-18-15-19-23-28/h15,18-19,22-23,26H,3-14,16-17,20-21,24-25H2,1-2H3. The van der Waals surface area contributed by atoms with Crippen molar-refractivity contribution in [1.29, 1.82) is 0 Å². The highest BCUT2D eigenvalue weighted by atomic mass is 16.5. The van der Waals surface area contributed by atoms with E-state index < -0.39 is 0 Å². The van der Waals surface area contributed by atoms with Gasteiger partial charge in [-0.25, -0.2) is 0 Å². The van der Waals surface area contributed by atoms with Crippen LogP contribution in [0.5, 0.6) is 0 Å². The summed E-state index contributed by atoms with van der Waals surface area (Å²) in [6, 6.07) is 10.4. The zero-order valence-electron chi connectivity index (χ0n) is 19.6. The van der Waals surface area contributed by atoms with Crippen LogP contribution in [0.1, 0.15) is 116 Å². The molecule has 1 rings (SSSR count). The van der Waals surface area contributed by atoms with Crippen molar-refractivity contribution in [3.63, 3.8) is 0 Å². The van der Waals surface area contributed by atoms with E-state index in [1.807, 2.05) is 6.07 Å². The van der Waals surface area contributed by atoms with E-state index in [1.165, 1.54) is 101 Å². The van der Waals surface area contributed by atoms with E-state index in [4.69, 9.17) is 4.74 Å². The lowest BCUT2D eigenvalue weighted by molar-refractivity contribution is 0.140. The predicted octanol–water partition coefficient (Wildman–Crippen LogP) is 9.27. The van der Waals surface area contributed by atoms with Crippen LogP contribution in [0.4, 0.5) is 0 Å². The van der Waals surface area contributed by atoms with E-state index in [-0.39, 0.29) is 0 Å². The highest BCUT2D eigenvalue weighted by Crippen LogP contribution is 2.15. The first-order valence-electron chi connectivity index (χ1n) is 12.5. The van der Waals surface area contributed by atoms with Crippen molar-refractivity contribution in [2.24, 2.45) is 5.92 Å². The molecule has 0 heterocycles. The normalized spacial score (nSPS) is 11.3. The van der Waals surface area contributed by atoms with Gasteiger partial charge in [0.05, 0.1) is 13.2 Å². The molecule has 0 saturated heterocycles. The van der Waals surface area contributed by atoms with Gasteiger partial charge in [-0.3, -0.25) is 0 Å². The number of hydrogen-bond donors (Lipinski definition) is 0. The second-order valence-corrected chi connectivity index (χ2v) is 9.26. The van der Waals surface area contributed by atoms with Crippen LogP contribution in [0.15, 0.2) is 42.5 Å². The minimum absolute atomic E-state index is 0.692. The van der Waals surface area contributed by atoms with E-state index in [0.29, 0.717) is 13.2 Å². The molecule has 0 aliphatic heterocycles. The van der Waals surface area contributed by atoms with Crippen LogP contribution in [0.3, 0.4) is 0 Å². The van der Waals surface area contributed by atoms with E-state index in [1.54, 1.807) is 0 Å². The summed E-state index contributed by atoms with van der Waals surface area (Å²) in [5, 5.41) is 0. The lowest BCUT2D eigenvalue weighted by atomic mass is 10.0. The zero-order valence-corrected chi connectivity index (χ0v) is 19.6. The molecule has 1 nitrogen and oxygen atoms in total. The fourth-order valence-electron chi connectivity index (χ4n) is 3.83. The number of hydrogen-bond acceptors (Lipinski definition) is 1. The Morgan fingerprint density at radius 2 is 1.21 bits per heavy atom. The Balaban J connectivity index is 1.76. The first-order valence-corrected chi connectivity index (χ1v) is 12.5. The Labute approximate surface area is 182 Å². The van der Waals surface area contributed by atoms with Gasteiger partial charge in [0.2, 0.25) is 0 Å². The topological polar surface area (TPSA) is 9.23 Å². The number of rotatable bonds is 20. The molecule has 0 saturated carbocycles. The summed E-state index contributed by atoms with van der Waals surface area (Å²) >= 11 is 0. The van der Waals surface area contributed by atoms with Gasteiger partial charge in [0.1, 0.15) is 0 Å². The van der Waals surface area contributed by atoms with Crippen molar-refractivity contribution in [1.82, 2.24) is 0 Å². The third kappa shape index (κ3) is 17.5. The molecule has 0 radical (unpaired) electrons. The minimum Gasteiger partial charge on any atom is -0.372 e. The minimum atomic E-state index is 0.692. The summed E-state index contributed by atoms with van der Waals surface area (Å²) in [7, 11) is 0. The molecule has 1 aromatic carbocycles. The molecule has 0 fully saturated rings. The van der Waals surface area contributed by atoms with Crippen LogP contribution in [0.25, 0.3) is 0 Å². The Bertz CT molecular complexity index is 476. The highest BCUT2D eigenvalue weighted by Gasteiger charge is 1.98. The lowest BCUT2D eigenvalue weighted by Crippen LogP contribution is -1.98. The van der Waals surface area contributed by atoms with Crippen molar-refractivity contribution >= 4 is 0 Å². The summed E-state index contributed by atoms with van der Waals surface area (Å²) < 4.78 is 5.76. The van der Waals surface area contributed by atoms with Gasteiger partial charge in [-0.2, -0.15) is 0 Å². The second kappa shape index (κ2) is 18.9. The fraction of sp³-hybridized carbons (Fsp3) is 0.714. The summed E-state index contributed by atoms with van der Waals surface area (Å²) in [6.45, 7) is 10.2. The average Bonchev–Trinajstić information content (AvgIpc) is 2.71. The van der Waals surface area contributed by atoms with Crippen LogP contribution in [0, 0.1) is 5.92 Å². The van der Waals surface area contributed by atoms with Gasteiger partial charge in [-0.1, -0.05) is 140 Å². The lowest BCUT2D eigenvalue weighted by Gasteiger charge is -2.08. The van der Waals surface area contributed by atoms with Crippen molar-refractivity contribution in [2.45, 2.75) is 117 Å². The van der Waals surface area contributed by atoms with Crippen LogP contribution in [-0.2, 0) is 11.3 Å². The van der Waals surface area contributed by atoms with E-state index in [9.17, 15) is 0 Å². The maximum Gasteiger partial charge on any atom is 0.0721 e. The van der Waals surface area contributed by atoms with Crippen molar-refractivity contribution in [2.75, 3.05) is 6.61 Å². The summed E-state index contributed by atoms with van der Waals surface area (Å²) in [5.74, 6) is 0.882. The fourth-order valence-corrected chi connectivity index (χ4v) is 3.83. The first kappa shape index (κ1) is 26.0. The van der Waals surface area contributed by atoms with Crippen LogP contribution in [-0.4, -0.2) is 6.61 Å². The Morgan fingerprint density at radius 3 is 1.72 bits per heavy atom. The van der Waals surface area contributed by atoms with Gasteiger partial charge in [0, 0.05) is 0 Å². The molecular weight excluding hydrogens is 352 g/mol.